The quantitative estimate of drug-likeness (QED) is 0.806. The summed E-state index contributed by atoms with van der Waals surface area (Å²) < 4.78 is 63.4. The third kappa shape index (κ3) is 2.64. The van der Waals surface area contributed by atoms with Gasteiger partial charge in [-0.25, -0.2) is 13.8 Å². The van der Waals surface area contributed by atoms with Gasteiger partial charge < -0.3 is 5.73 Å². The van der Waals surface area contributed by atoms with E-state index in [1.54, 1.807) is 0 Å². The summed E-state index contributed by atoms with van der Waals surface area (Å²) in [6, 6.07) is 4.39. The molecular formula is C12H7F5N2. The highest BCUT2D eigenvalue weighted by atomic mass is 19.4. The molecule has 0 aliphatic rings. The van der Waals surface area contributed by atoms with Crippen LogP contribution in [0.25, 0.3) is 11.3 Å². The highest BCUT2D eigenvalue weighted by Crippen LogP contribution is 2.32. The Bertz CT molecular complexity index is 622. The van der Waals surface area contributed by atoms with Crippen LogP contribution in [0.4, 0.5) is 27.6 Å². The first kappa shape index (κ1) is 13.3. The molecule has 0 atom stereocenters. The molecule has 0 unspecified atom stereocenters. The highest BCUT2D eigenvalue weighted by Gasteiger charge is 2.33. The number of benzene rings is 1. The smallest absolute Gasteiger partial charge is 0.397 e. The lowest BCUT2D eigenvalue weighted by Crippen LogP contribution is -2.09. The van der Waals surface area contributed by atoms with Crippen molar-refractivity contribution in [3.05, 3.63) is 47.7 Å². The number of anilines is 1. The van der Waals surface area contributed by atoms with Gasteiger partial charge in [-0.05, 0) is 30.3 Å². The van der Waals surface area contributed by atoms with Crippen molar-refractivity contribution in [3.63, 3.8) is 0 Å². The van der Waals surface area contributed by atoms with E-state index < -0.39 is 23.5 Å². The largest absolute Gasteiger partial charge is 0.433 e. The molecule has 0 aliphatic carbocycles. The third-order valence-electron chi connectivity index (χ3n) is 2.41. The summed E-state index contributed by atoms with van der Waals surface area (Å²) in [6.07, 6.45) is -4.64. The number of pyridine rings is 1. The molecule has 0 saturated heterocycles. The molecule has 2 N–H and O–H groups in total. The Balaban J connectivity index is 2.58. The molecule has 7 heteroatoms. The number of alkyl halides is 3. The molecule has 2 aromatic rings. The number of halogens is 5. The lowest BCUT2D eigenvalue weighted by molar-refractivity contribution is -0.141. The van der Waals surface area contributed by atoms with Crippen molar-refractivity contribution < 1.29 is 22.0 Å². The zero-order valence-corrected chi connectivity index (χ0v) is 9.30. The second-order valence-corrected chi connectivity index (χ2v) is 3.76. The summed E-state index contributed by atoms with van der Waals surface area (Å²) in [4.78, 5) is 3.35. The lowest BCUT2D eigenvalue weighted by atomic mass is 10.1. The van der Waals surface area contributed by atoms with Gasteiger partial charge in [-0.1, -0.05) is 0 Å². The minimum absolute atomic E-state index is 0.0255. The van der Waals surface area contributed by atoms with Crippen LogP contribution in [0.3, 0.4) is 0 Å². The summed E-state index contributed by atoms with van der Waals surface area (Å²) in [5.74, 6) is -2.29. The molecule has 1 heterocycles. The summed E-state index contributed by atoms with van der Waals surface area (Å²) in [6.45, 7) is 0. The monoisotopic (exact) mass is 274 g/mol. The molecule has 1 aromatic carbocycles. The van der Waals surface area contributed by atoms with Crippen LogP contribution < -0.4 is 5.73 Å². The Morgan fingerprint density at radius 3 is 2.21 bits per heavy atom. The van der Waals surface area contributed by atoms with Crippen molar-refractivity contribution in [2.24, 2.45) is 0 Å². The molecule has 100 valence electrons. The van der Waals surface area contributed by atoms with E-state index in [2.05, 4.69) is 4.98 Å². The summed E-state index contributed by atoms with van der Waals surface area (Å²) >= 11 is 0. The number of nitrogens with zero attached hydrogens (tertiary/aromatic N) is 1. The fourth-order valence-corrected chi connectivity index (χ4v) is 1.50. The molecule has 0 radical (unpaired) electrons. The summed E-state index contributed by atoms with van der Waals surface area (Å²) in [5.41, 5.74) is 4.03. The number of rotatable bonds is 1. The fourth-order valence-electron chi connectivity index (χ4n) is 1.50. The van der Waals surface area contributed by atoms with E-state index in [4.69, 9.17) is 5.73 Å². The van der Waals surface area contributed by atoms with Gasteiger partial charge in [0.2, 0.25) is 0 Å². The summed E-state index contributed by atoms with van der Waals surface area (Å²) in [5, 5.41) is 0. The zero-order valence-electron chi connectivity index (χ0n) is 9.30. The second-order valence-electron chi connectivity index (χ2n) is 3.76. The van der Waals surface area contributed by atoms with Gasteiger partial charge in [0.25, 0.3) is 0 Å². The average molecular weight is 274 g/mol. The van der Waals surface area contributed by atoms with Crippen LogP contribution in [0.1, 0.15) is 5.69 Å². The van der Waals surface area contributed by atoms with Gasteiger partial charge in [0, 0.05) is 5.56 Å². The van der Waals surface area contributed by atoms with Gasteiger partial charge >= 0.3 is 6.18 Å². The van der Waals surface area contributed by atoms with Crippen molar-refractivity contribution in [2.75, 3.05) is 5.73 Å². The van der Waals surface area contributed by atoms with Crippen molar-refractivity contribution in [1.29, 1.82) is 0 Å². The average Bonchev–Trinajstić information content (AvgIpc) is 2.32. The van der Waals surface area contributed by atoms with Crippen molar-refractivity contribution in [2.45, 2.75) is 6.18 Å². The van der Waals surface area contributed by atoms with Crippen LogP contribution in [0.5, 0.6) is 0 Å². The Kier molecular flexibility index (Phi) is 3.13. The Labute approximate surface area is 104 Å². The molecule has 0 aliphatic heterocycles. The molecule has 0 spiro atoms. The van der Waals surface area contributed by atoms with E-state index in [1.807, 2.05) is 0 Å². The number of nitrogens with two attached hydrogens (primary N) is 1. The minimum atomic E-state index is -4.64. The van der Waals surface area contributed by atoms with Crippen LogP contribution in [-0.4, -0.2) is 4.98 Å². The van der Waals surface area contributed by atoms with Gasteiger partial charge in [0.1, 0.15) is 5.69 Å². The molecule has 19 heavy (non-hydrogen) atoms. The molecule has 0 amide bonds. The minimum Gasteiger partial charge on any atom is -0.397 e. The molecular weight excluding hydrogens is 267 g/mol. The van der Waals surface area contributed by atoms with Crippen LogP contribution in [0.2, 0.25) is 0 Å². The van der Waals surface area contributed by atoms with Gasteiger partial charge in [-0.15, -0.1) is 0 Å². The number of hydrogen-bond acceptors (Lipinski definition) is 2. The Morgan fingerprint density at radius 1 is 0.947 bits per heavy atom. The van der Waals surface area contributed by atoms with E-state index in [1.165, 1.54) is 0 Å². The summed E-state index contributed by atoms with van der Waals surface area (Å²) in [7, 11) is 0. The van der Waals surface area contributed by atoms with Crippen molar-refractivity contribution in [3.8, 4) is 11.3 Å². The number of hydrogen-bond donors (Lipinski definition) is 1. The molecule has 0 bridgehead atoms. The number of nitrogen functional groups attached to an aromatic ring is 1. The van der Waals surface area contributed by atoms with Crippen LogP contribution in [0, 0.1) is 11.6 Å². The lowest BCUT2D eigenvalue weighted by Gasteiger charge is -2.10. The first-order valence-electron chi connectivity index (χ1n) is 5.08. The van der Waals surface area contributed by atoms with Crippen LogP contribution >= 0.6 is 0 Å². The second kappa shape index (κ2) is 4.49. The normalized spacial score (nSPS) is 11.6. The van der Waals surface area contributed by atoms with E-state index in [-0.39, 0.29) is 16.9 Å². The van der Waals surface area contributed by atoms with E-state index in [0.29, 0.717) is 0 Å². The predicted octanol–water partition coefficient (Wildman–Crippen LogP) is 3.63. The maximum atomic E-state index is 13.1. The van der Waals surface area contributed by atoms with E-state index >= 15 is 0 Å². The fraction of sp³-hybridized carbons (Fsp3) is 0.0833. The predicted molar refractivity (Wildman–Crippen MR) is 59.0 cm³/mol. The maximum absolute atomic E-state index is 13.1. The number of aromatic nitrogens is 1. The Hall–Kier alpha value is -2.18. The van der Waals surface area contributed by atoms with Gasteiger partial charge in [-0.3, -0.25) is 0 Å². The SMILES string of the molecule is Nc1ccc(C(F)(F)F)nc1-c1ccc(F)c(F)c1. The molecule has 2 rings (SSSR count). The highest BCUT2D eigenvalue weighted by molar-refractivity contribution is 5.72. The first-order valence-corrected chi connectivity index (χ1v) is 5.08. The van der Waals surface area contributed by atoms with Crippen molar-refractivity contribution >= 4 is 5.69 Å². The molecule has 0 fully saturated rings. The van der Waals surface area contributed by atoms with Gasteiger partial charge in [0.05, 0.1) is 11.4 Å². The standard InChI is InChI=1S/C12H7F5N2/c13-7-2-1-6(5-8(7)14)11-9(18)3-4-10(19-11)12(15,16)17/h1-5H,18H2. The molecule has 1 aromatic heterocycles. The first-order chi connectivity index (χ1) is 8.79. The van der Waals surface area contributed by atoms with Crippen LogP contribution in [-0.2, 0) is 6.18 Å². The van der Waals surface area contributed by atoms with Gasteiger partial charge in [-0.2, -0.15) is 13.2 Å². The van der Waals surface area contributed by atoms with E-state index in [0.717, 1.165) is 30.3 Å². The van der Waals surface area contributed by atoms with Gasteiger partial charge in [0.15, 0.2) is 11.6 Å². The zero-order chi connectivity index (χ0) is 14.2. The molecule has 2 nitrogen and oxygen atoms in total. The topological polar surface area (TPSA) is 38.9 Å². The maximum Gasteiger partial charge on any atom is 0.433 e. The van der Waals surface area contributed by atoms with Crippen molar-refractivity contribution in [1.82, 2.24) is 4.98 Å². The third-order valence-corrected chi connectivity index (χ3v) is 2.41. The van der Waals surface area contributed by atoms with E-state index in [9.17, 15) is 22.0 Å². The Morgan fingerprint density at radius 2 is 1.63 bits per heavy atom. The molecule has 0 saturated carbocycles. The van der Waals surface area contributed by atoms with Crippen LogP contribution in [0.15, 0.2) is 30.3 Å².